The van der Waals surface area contributed by atoms with Gasteiger partial charge in [-0.1, -0.05) is 36.7 Å². The van der Waals surface area contributed by atoms with Crippen LogP contribution in [0, 0.1) is 22.6 Å². The topological polar surface area (TPSA) is 20.2 Å². The summed E-state index contributed by atoms with van der Waals surface area (Å²) in [4.78, 5) is 0. The van der Waals surface area contributed by atoms with Crippen molar-refractivity contribution in [3.05, 3.63) is 34.1 Å². The van der Waals surface area contributed by atoms with E-state index in [1.165, 1.54) is 6.07 Å². The Hall–Kier alpha value is -0.410. The lowest BCUT2D eigenvalue weighted by molar-refractivity contribution is 0.0368. The minimum absolute atomic E-state index is 0.0853. The zero-order valence-corrected chi connectivity index (χ0v) is 14.8. The van der Waals surface area contributed by atoms with Crippen LogP contribution in [0.1, 0.15) is 52.0 Å². The third-order valence-corrected chi connectivity index (χ3v) is 5.95. The second-order valence-electron chi connectivity index (χ2n) is 7.71. The van der Waals surface area contributed by atoms with Gasteiger partial charge in [0.15, 0.2) is 0 Å². The van der Waals surface area contributed by atoms with E-state index in [4.69, 9.17) is 0 Å². The Bertz CT molecular complexity index is 484. The van der Waals surface area contributed by atoms with E-state index in [1.807, 2.05) is 0 Å². The van der Waals surface area contributed by atoms with Gasteiger partial charge in [0, 0.05) is 11.1 Å². The Labute approximate surface area is 136 Å². The van der Waals surface area contributed by atoms with E-state index in [9.17, 15) is 9.50 Å². The average Bonchev–Trinajstić information content (AvgIpc) is 2.42. The number of rotatable bonds is 3. The van der Waals surface area contributed by atoms with Crippen LogP contribution in [0.3, 0.4) is 0 Å². The molecule has 1 aromatic carbocycles. The van der Waals surface area contributed by atoms with Gasteiger partial charge in [-0.25, -0.2) is 4.39 Å². The molecule has 1 aromatic rings. The van der Waals surface area contributed by atoms with Crippen molar-refractivity contribution in [2.75, 3.05) is 6.61 Å². The van der Waals surface area contributed by atoms with Crippen LogP contribution in [-0.2, 0) is 6.42 Å². The molecule has 3 heteroatoms. The number of benzene rings is 1. The predicted molar refractivity (Wildman–Crippen MR) is 88.7 cm³/mol. The van der Waals surface area contributed by atoms with Crippen LogP contribution in [-0.4, -0.2) is 11.7 Å². The average molecular weight is 357 g/mol. The quantitative estimate of drug-likeness (QED) is 0.774. The van der Waals surface area contributed by atoms with E-state index in [1.54, 1.807) is 12.1 Å². The molecule has 0 radical (unpaired) electrons. The molecule has 0 heterocycles. The summed E-state index contributed by atoms with van der Waals surface area (Å²) < 4.78 is 14.4. The van der Waals surface area contributed by atoms with Gasteiger partial charge in [0.05, 0.1) is 0 Å². The van der Waals surface area contributed by atoms with Crippen molar-refractivity contribution in [1.82, 2.24) is 0 Å². The Morgan fingerprint density at radius 1 is 1.29 bits per heavy atom. The van der Waals surface area contributed by atoms with Crippen molar-refractivity contribution < 1.29 is 9.50 Å². The van der Waals surface area contributed by atoms with Gasteiger partial charge in [0.2, 0.25) is 0 Å². The van der Waals surface area contributed by atoms with E-state index < -0.39 is 0 Å². The summed E-state index contributed by atoms with van der Waals surface area (Å²) in [5, 5.41) is 9.94. The SMILES string of the molecule is CC(C)(C)C1CCC(CO)(Cc2cc(F)ccc2Br)CC1. The minimum Gasteiger partial charge on any atom is -0.396 e. The fraction of sp³-hybridized carbons (Fsp3) is 0.667. The van der Waals surface area contributed by atoms with Crippen LogP contribution in [0.2, 0.25) is 0 Å². The summed E-state index contributed by atoms with van der Waals surface area (Å²) in [6.45, 7) is 7.08. The first-order valence-electron chi connectivity index (χ1n) is 7.81. The lowest BCUT2D eigenvalue weighted by Crippen LogP contribution is -2.36. The molecule has 1 N–H and O–H groups in total. The molecule has 0 aromatic heterocycles. The van der Waals surface area contributed by atoms with Gasteiger partial charge in [0.1, 0.15) is 5.82 Å². The summed E-state index contributed by atoms with van der Waals surface area (Å²) in [6.07, 6.45) is 5.09. The second kappa shape index (κ2) is 6.37. The maximum Gasteiger partial charge on any atom is 0.123 e. The molecule has 1 aliphatic carbocycles. The lowest BCUT2D eigenvalue weighted by Gasteiger charge is -2.43. The first-order valence-corrected chi connectivity index (χ1v) is 8.60. The summed E-state index contributed by atoms with van der Waals surface area (Å²) >= 11 is 3.51. The van der Waals surface area contributed by atoms with Crippen molar-refractivity contribution in [1.29, 1.82) is 0 Å². The smallest absolute Gasteiger partial charge is 0.123 e. The Kier molecular flexibility index (Phi) is 5.15. The van der Waals surface area contributed by atoms with Crippen LogP contribution in [0.25, 0.3) is 0 Å². The molecule has 1 aliphatic rings. The van der Waals surface area contributed by atoms with E-state index in [0.29, 0.717) is 11.3 Å². The molecule has 118 valence electrons. The van der Waals surface area contributed by atoms with Crippen molar-refractivity contribution >= 4 is 15.9 Å². The van der Waals surface area contributed by atoms with Gasteiger partial charge in [0.25, 0.3) is 0 Å². The molecule has 0 saturated heterocycles. The predicted octanol–water partition coefficient (Wildman–Crippen LogP) is 5.35. The van der Waals surface area contributed by atoms with Crippen molar-refractivity contribution in [2.24, 2.45) is 16.7 Å². The maximum atomic E-state index is 13.5. The molecular weight excluding hydrogens is 331 g/mol. The van der Waals surface area contributed by atoms with E-state index in [2.05, 4.69) is 36.7 Å². The van der Waals surface area contributed by atoms with Crippen LogP contribution >= 0.6 is 15.9 Å². The molecule has 1 saturated carbocycles. The highest BCUT2D eigenvalue weighted by Gasteiger charge is 2.38. The highest BCUT2D eigenvalue weighted by Crippen LogP contribution is 2.47. The highest BCUT2D eigenvalue weighted by molar-refractivity contribution is 9.10. The molecule has 0 amide bonds. The van der Waals surface area contributed by atoms with Gasteiger partial charge < -0.3 is 5.11 Å². The van der Waals surface area contributed by atoms with Gasteiger partial charge >= 0.3 is 0 Å². The molecule has 21 heavy (non-hydrogen) atoms. The summed E-state index contributed by atoms with van der Waals surface area (Å²) in [6, 6.07) is 4.82. The lowest BCUT2D eigenvalue weighted by atomic mass is 9.62. The molecule has 0 bridgehead atoms. The summed E-state index contributed by atoms with van der Waals surface area (Å²) in [5.41, 5.74) is 1.22. The fourth-order valence-corrected chi connectivity index (χ4v) is 3.96. The highest BCUT2D eigenvalue weighted by atomic mass is 79.9. The molecule has 0 spiro atoms. The van der Waals surface area contributed by atoms with Gasteiger partial charge in [-0.2, -0.15) is 0 Å². The van der Waals surface area contributed by atoms with Crippen LogP contribution in [0.15, 0.2) is 22.7 Å². The number of halogens is 2. The van der Waals surface area contributed by atoms with E-state index in [-0.39, 0.29) is 17.8 Å². The Morgan fingerprint density at radius 2 is 1.90 bits per heavy atom. The first kappa shape index (κ1) is 17.0. The molecule has 0 unspecified atom stereocenters. The number of aliphatic hydroxyl groups excluding tert-OH is 1. The zero-order chi connectivity index (χ0) is 15.7. The largest absolute Gasteiger partial charge is 0.396 e. The molecule has 1 fully saturated rings. The Balaban J connectivity index is 2.12. The molecule has 1 nitrogen and oxygen atoms in total. The zero-order valence-electron chi connectivity index (χ0n) is 13.3. The van der Waals surface area contributed by atoms with Gasteiger partial charge in [-0.05, 0) is 72.6 Å². The molecule has 0 atom stereocenters. The first-order chi connectivity index (χ1) is 9.76. The fourth-order valence-electron chi connectivity index (χ4n) is 3.57. The van der Waals surface area contributed by atoms with Gasteiger partial charge in [-0.15, -0.1) is 0 Å². The number of aliphatic hydroxyl groups is 1. The molecule has 2 rings (SSSR count). The third kappa shape index (κ3) is 4.07. The molecule has 0 aliphatic heterocycles. The van der Waals surface area contributed by atoms with Crippen molar-refractivity contribution in [3.63, 3.8) is 0 Å². The summed E-state index contributed by atoms with van der Waals surface area (Å²) in [5.74, 6) is 0.512. The van der Waals surface area contributed by atoms with E-state index in [0.717, 1.165) is 42.1 Å². The van der Waals surface area contributed by atoms with Gasteiger partial charge in [-0.3, -0.25) is 0 Å². The van der Waals surface area contributed by atoms with Crippen molar-refractivity contribution in [3.8, 4) is 0 Å². The molecular formula is C18H26BrFO. The van der Waals surface area contributed by atoms with Crippen LogP contribution in [0.5, 0.6) is 0 Å². The second-order valence-corrected chi connectivity index (χ2v) is 8.57. The number of hydrogen-bond acceptors (Lipinski definition) is 1. The van der Waals surface area contributed by atoms with Crippen LogP contribution < -0.4 is 0 Å². The summed E-state index contributed by atoms with van der Waals surface area (Å²) in [7, 11) is 0. The van der Waals surface area contributed by atoms with E-state index >= 15 is 0 Å². The normalized spacial score (nSPS) is 26.9. The minimum atomic E-state index is -0.204. The monoisotopic (exact) mass is 356 g/mol. The maximum absolute atomic E-state index is 13.5. The Morgan fingerprint density at radius 3 is 2.43 bits per heavy atom. The third-order valence-electron chi connectivity index (χ3n) is 5.18. The number of hydrogen-bond donors (Lipinski definition) is 1. The van der Waals surface area contributed by atoms with Crippen LogP contribution in [0.4, 0.5) is 4.39 Å². The van der Waals surface area contributed by atoms with Crippen molar-refractivity contribution in [2.45, 2.75) is 52.9 Å². The standard InChI is InChI=1S/C18H26BrFO/c1-17(2,3)14-6-8-18(12-21,9-7-14)11-13-10-15(20)4-5-16(13)19/h4-5,10,14,21H,6-9,11-12H2,1-3H3.